The lowest BCUT2D eigenvalue weighted by Crippen LogP contribution is -1.91. The summed E-state index contributed by atoms with van der Waals surface area (Å²) in [7, 11) is 0. The molecule has 2 aromatic heterocycles. The lowest BCUT2D eigenvalue weighted by Gasteiger charge is -2.06. The molecule has 0 fully saturated rings. The Balaban J connectivity index is 2.23. The molecule has 3 rings (SSSR count). The van der Waals surface area contributed by atoms with Gasteiger partial charge < -0.3 is 10.3 Å². The third-order valence-electron chi connectivity index (χ3n) is 3.29. The van der Waals surface area contributed by atoms with Gasteiger partial charge in [0.15, 0.2) is 11.6 Å². The fourth-order valence-corrected chi connectivity index (χ4v) is 2.30. The number of rotatable bonds is 2. The Labute approximate surface area is 117 Å². The molecule has 0 spiro atoms. The van der Waals surface area contributed by atoms with Gasteiger partial charge in [0.2, 0.25) is 0 Å². The monoisotopic (exact) mass is 265 g/mol. The average molecular weight is 265 g/mol. The molecule has 3 aromatic rings. The minimum atomic E-state index is 0.406. The van der Waals surface area contributed by atoms with Crippen LogP contribution in [0, 0.1) is 13.8 Å². The van der Waals surface area contributed by atoms with Crippen LogP contribution in [0.15, 0.2) is 47.1 Å². The highest BCUT2D eigenvalue weighted by Crippen LogP contribution is 2.37. The molecule has 0 unspecified atom stereocenters. The number of nitrogen functional groups attached to an aromatic ring is 1. The fraction of sp³-hybridized carbons (Fsp3) is 0.125. The first-order valence-electron chi connectivity index (χ1n) is 6.41. The standard InChI is InChI=1S/C16H15N3O/c1-10-5-3-4-6-13(10)14-15(20-19-16(14)17)12-7-8-18-11(2)9-12/h3-9H,1-2H3,(H2,17,19). The van der Waals surface area contributed by atoms with Gasteiger partial charge in [-0.2, -0.15) is 0 Å². The van der Waals surface area contributed by atoms with E-state index in [4.69, 9.17) is 10.3 Å². The van der Waals surface area contributed by atoms with Crippen LogP contribution in [0.2, 0.25) is 0 Å². The maximum absolute atomic E-state index is 6.00. The van der Waals surface area contributed by atoms with Crippen LogP contribution >= 0.6 is 0 Å². The second-order valence-electron chi connectivity index (χ2n) is 4.77. The summed E-state index contributed by atoms with van der Waals surface area (Å²) in [5, 5.41) is 3.92. The molecule has 4 nitrogen and oxygen atoms in total. The van der Waals surface area contributed by atoms with E-state index in [9.17, 15) is 0 Å². The zero-order chi connectivity index (χ0) is 14.1. The summed E-state index contributed by atoms with van der Waals surface area (Å²) in [5.74, 6) is 1.09. The van der Waals surface area contributed by atoms with Crippen molar-refractivity contribution in [2.45, 2.75) is 13.8 Å². The molecule has 0 aliphatic heterocycles. The van der Waals surface area contributed by atoms with Crippen LogP contribution in [0.1, 0.15) is 11.3 Å². The van der Waals surface area contributed by atoms with Crippen molar-refractivity contribution >= 4 is 5.82 Å². The van der Waals surface area contributed by atoms with E-state index in [1.165, 1.54) is 0 Å². The van der Waals surface area contributed by atoms with E-state index in [0.29, 0.717) is 11.6 Å². The van der Waals surface area contributed by atoms with Crippen molar-refractivity contribution in [1.82, 2.24) is 10.1 Å². The van der Waals surface area contributed by atoms with Crippen LogP contribution in [0.5, 0.6) is 0 Å². The van der Waals surface area contributed by atoms with Crippen molar-refractivity contribution in [2.24, 2.45) is 0 Å². The Morgan fingerprint density at radius 2 is 1.90 bits per heavy atom. The highest BCUT2D eigenvalue weighted by atomic mass is 16.5. The summed E-state index contributed by atoms with van der Waals surface area (Å²) in [4.78, 5) is 4.20. The molecule has 0 aliphatic rings. The largest absolute Gasteiger partial charge is 0.380 e. The molecule has 2 heterocycles. The highest BCUT2D eigenvalue weighted by molar-refractivity contribution is 5.87. The van der Waals surface area contributed by atoms with Crippen LogP contribution in [-0.2, 0) is 0 Å². The van der Waals surface area contributed by atoms with E-state index in [1.807, 2.05) is 50.2 Å². The van der Waals surface area contributed by atoms with Gasteiger partial charge in [-0.15, -0.1) is 0 Å². The number of aryl methyl sites for hydroxylation is 2. The van der Waals surface area contributed by atoms with Crippen LogP contribution in [0.4, 0.5) is 5.82 Å². The Bertz CT molecular complexity index is 762. The van der Waals surface area contributed by atoms with Gasteiger partial charge in [-0.1, -0.05) is 29.4 Å². The molecule has 0 radical (unpaired) electrons. The average Bonchev–Trinajstić information content (AvgIpc) is 2.81. The van der Waals surface area contributed by atoms with E-state index in [2.05, 4.69) is 10.1 Å². The summed E-state index contributed by atoms with van der Waals surface area (Å²) < 4.78 is 5.44. The van der Waals surface area contributed by atoms with E-state index >= 15 is 0 Å². The molecule has 20 heavy (non-hydrogen) atoms. The molecule has 0 saturated heterocycles. The van der Waals surface area contributed by atoms with Gasteiger partial charge in [0, 0.05) is 17.5 Å². The predicted molar refractivity (Wildman–Crippen MR) is 79.1 cm³/mol. The SMILES string of the molecule is Cc1cc(-c2onc(N)c2-c2ccccc2C)ccn1. The number of nitrogens with two attached hydrogens (primary N) is 1. The topological polar surface area (TPSA) is 64.9 Å². The van der Waals surface area contributed by atoms with Crippen molar-refractivity contribution < 1.29 is 4.52 Å². The Morgan fingerprint density at radius 3 is 2.65 bits per heavy atom. The normalized spacial score (nSPS) is 10.7. The van der Waals surface area contributed by atoms with Crippen molar-refractivity contribution in [3.8, 4) is 22.5 Å². The summed E-state index contributed by atoms with van der Waals surface area (Å²) in [6, 6.07) is 11.9. The number of anilines is 1. The molecule has 0 amide bonds. The summed E-state index contributed by atoms with van der Waals surface area (Å²) >= 11 is 0. The highest BCUT2D eigenvalue weighted by Gasteiger charge is 2.18. The number of pyridine rings is 1. The Kier molecular flexibility index (Phi) is 2.99. The van der Waals surface area contributed by atoms with Crippen molar-refractivity contribution in [3.05, 3.63) is 53.9 Å². The molecular weight excluding hydrogens is 250 g/mol. The van der Waals surface area contributed by atoms with Gasteiger partial charge in [0.05, 0.1) is 5.56 Å². The van der Waals surface area contributed by atoms with Crippen molar-refractivity contribution in [2.75, 3.05) is 5.73 Å². The molecule has 1 aromatic carbocycles. The molecule has 0 atom stereocenters. The first kappa shape index (κ1) is 12.4. The Morgan fingerprint density at radius 1 is 1.10 bits per heavy atom. The minimum absolute atomic E-state index is 0.406. The second-order valence-corrected chi connectivity index (χ2v) is 4.77. The van der Waals surface area contributed by atoms with E-state index in [1.54, 1.807) is 6.20 Å². The molecular formula is C16H15N3O. The van der Waals surface area contributed by atoms with Gasteiger partial charge in [-0.25, -0.2) is 0 Å². The molecule has 4 heteroatoms. The maximum Gasteiger partial charge on any atom is 0.177 e. The van der Waals surface area contributed by atoms with Crippen LogP contribution in [0.25, 0.3) is 22.5 Å². The summed E-state index contributed by atoms with van der Waals surface area (Å²) in [6.45, 7) is 3.99. The third-order valence-corrected chi connectivity index (χ3v) is 3.29. The van der Waals surface area contributed by atoms with E-state index in [-0.39, 0.29) is 0 Å². The lowest BCUT2D eigenvalue weighted by molar-refractivity contribution is 0.436. The van der Waals surface area contributed by atoms with Crippen LogP contribution in [0.3, 0.4) is 0 Å². The minimum Gasteiger partial charge on any atom is -0.380 e. The molecule has 100 valence electrons. The quantitative estimate of drug-likeness (QED) is 0.768. The smallest absolute Gasteiger partial charge is 0.177 e. The molecule has 0 aliphatic carbocycles. The third kappa shape index (κ3) is 2.05. The van der Waals surface area contributed by atoms with Gasteiger partial charge >= 0.3 is 0 Å². The molecule has 0 bridgehead atoms. The Hall–Kier alpha value is -2.62. The predicted octanol–water partition coefficient (Wildman–Crippen LogP) is 3.60. The van der Waals surface area contributed by atoms with E-state index < -0.39 is 0 Å². The first-order valence-corrected chi connectivity index (χ1v) is 6.41. The van der Waals surface area contributed by atoms with Crippen molar-refractivity contribution in [3.63, 3.8) is 0 Å². The zero-order valence-electron chi connectivity index (χ0n) is 11.4. The number of benzene rings is 1. The number of aromatic nitrogens is 2. The summed E-state index contributed by atoms with van der Waals surface area (Å²) in [5.41, 5.74) is 10.9. The number of nitrogens with zero attached hydrogens (tertiary/aromatic N) is 2. The zero-order valence-corrected chi connectivity index (χ0v) is 11.4. The van der Waals surface area contributed by atoms with Crippen molar-refractivity contribution in [1.29, 1.82) is 0 Å². The van der Waals surface area contributed by atoms with Gasteiger partial charge in [-0.05, 0) is 37.1 Å². The van der Waals surface area contributed by atoms with Gasteiger partial charge in [0.1, 0.15) is 0 Å². The second kappa shape index (κ2) is 4.81. The number of hydrogen-bond donors (Lipinski definition) is 1. The first-order chi connectivity index (χ1) is 9.66. The molecule has 2 N–H and O–H groups in total. The van der Waals surface area contributed by atoms with Crippen LogP contribution < -0.4 is 5.73 Å². The van der Waals surface area contributed by atoms with Crippen LogP contribution in [-0.4, -0.2) is 10.1 Å². The summed E-state index contributed by atoms with van der Waals surface area (Å²) in [6.07, 6.45) is 1.75. The maximum atomic E-state index is 6.00. The lowest BCUT2D eigenvalue weighted by atomic mass is 9.98. The molecule has 0 saturated carbocycles. The van der Waals surface area contributed by atoms with Gasteiger partial charge in [-0.3, -0.25) is 4.98 Å². The number of hydrogen-bond acceptors (Lipinski definition) is 4. The van der Waals surface area contributed by atoms with E-state index in [0.717, 1.165) is 27.9 Å². The van der Waals surface area contributed by atoms with Gasteiger partial charge in [0.25, 0.3) is 0 Å². The fourth-order valence-electron chi connectivity index (χ4n) is 2.30.